The molecule has 0 aliphatic heterocycles. The van der Waals surface area contributed by atoms with Crippen molar-refractivity contribution >= 4 is 5.97 Å². The molecule has 0 heterocycles. The molecule has 0 saturated carbocycles. The van der Waals surface area contributed by atoms with Gasteiger partial charge >= 0.3 is 5.97 Å². The maximum Gasteiger partial charge on any atom is 0.336 e. The molecule has 1 atom stereocenters. The third kappa shape index (κ3) is 2.72. The van der Waals surface area contributed by atoms with E-state index in [1.807, 2.05) is 0 Å². The van der Waals surface area contributed by atoms with Crippen LogP contribution >= 0.6 is 0 Å². The van der Waals surface area contributed by atoms with E-state index < -0.39 is 12.1 Å². The number of aliphatic hydroxyl groups excluding tert-OH is 1. The van der Waals surface area contributed by atoms with Crippen molar-refractivity contribution in [2.75, 3.05) is 7.11 Å². The molecule has 0 aliphatic carbocycles. The van der Waals surface area contributed by atoms with Crippen molar-refractivity contribution in [2.24, 2.45) is 0 Å². The van der Waals surface area contributed by atoms with Gasteiger partial charge < -0.3 is 9.84 Å². The van der Waals surface area contributed by atoms with Gasteiger partial charge in [-0.2, -0.15) is 0 Å². The van der Waals surface area contributed by atoms with Crippen LogP contribution in [-0.4, -0.2) is 24.3 Å². The van der Waals surface area contributed by atoms with Gasteiger partial charge in [0.25, 0.3) is 0 Å². The summed E-state index contributed by atoms with van der Waals surface area (Å²) in [5, 5.41) is 9.25. The van der Waals surface area contributed by atoms with Crippen molar-refractivity contribution in [3.8, 4) is 0 Å². The van der Waals surface area contributed by atoms with Gasteiger partial charge in [-0.05, 0) is 13.3 Å². The summed E-state index contributed by atoms with van der Waals surface area (Å²) in [5.41, 5.74) is 0.329. The van der Waals surface area contributed by atoms with Crippen LogP contribution in [0, 0.1) is 0 Å². The van der Waals surface area contributed by atoms with Gasteiger partial charge in [0.1, 0.15) is 0 Å². The van der Waals surface area contributed by atoms with Gasteiger partial charge in [0.2, 0.25) is 0 Å². The Balaban J connectivity index is 4.30. The van der Waals surface area contributed by atoms with Crippen molar-refractivity contribution < 1.29 is 14.6 Å². The van der Waals surface area contributed by atoms with Crippen LogP contribution in [0.15, 0.2) is 11.6 Å². The topological polar surface area (TPSA) is 46.5 Å². The van der Waals surface area contributed by atoms with Gasteiger partial charge in [0, 0.05) is 0 Å². The minimum Gasteiger partial charge on any atom is -0.466 e. The second kappa shape index (κ2) is 4.91. The minimum absolute atomic E-state index is 0.329. The van der Waals surface area contributed by atoms with Gasteiger partial charge in [-0.15, -0.1) is 0 Å². The molecule has 0 aromatic carbocycles. The molecule has 1 unspecified atom stereocenters. The van der Waals surface area contributed by atoms with Gasteiger partial charge in [0.15, 0.2) is 0 Å². The first-order chi connectivity index (χ1) is 5.17. The SMILES string of the molecule is C/C=C(/C(=O)OC)C(O)CC. The molecule has 0 fully saturated rings. The molecule has 0 spiro atoms. The van der Waals surface area contributed by atoms with Gasteiger partial charge in [-0.1, -0.05) is 13.0 Å². The summed E-state index contributed by atoms with van der Waals surface area (Å²) in [6.07, 6.45) is 1.39. The third-order valence-corrected chi connectivity index (χ3v) is 1.48. The monoisotopic (exact) mass is 158 g/mol. The molecule has 0 aliphatic rings. The van der Waals surface area contributed by atoms with Gasteiger partial charge in [-0.3, -0.25) is 0 Å². The number of esters is 1. The first-order valence-corrected chi connectivity index (χ1v) is 3.59. The molecule has 0 aromatic rings. The summed E-state index contributed by atoms with van der Waals surface area (Å²) in [4.78, 5) is 10.9. The maximum absolute atomic E-state index is 10.9. The Morgan fingerprint density at radius 3 is 2.55 bits per heavy atom. The second-order valence-corrected chi connectivity index (χ2v) is 2.16. The molecule has 3 heteroatoms. The highest BCUT2D eigenvalue weighted by atomic mass is 16.5. The minimum atomic E-state index is -0.701. The molecule has 3 nitrogen and oxygen atoms in total. The fraction of sp³-hybridized carbons (Fsp3) is 0.625. The molecule has 0 amide bonds. The molecule has 0 radical (unpaired) electrons. The zero-order chi connectivity index (χ0) is 8.85. The van der Waals surface area contributed by atoms with Crippen molar-refractivity contribution in [1.82, 2.24) is 0 Å². The molecule has 0 aromatic heterocycles. The van der Waals surface area contributed by atoms with E-state index in [9.17, 15) is 9.90 Å². The lowest BCUT2D eigenvalue weighted by atomic mass is 10.1. The summed E-state index contributed by atoms with van der Waals surface area (Å²) >= 11 is 0. The number of hydrogen-bond donors (Lipinski definition) is 1. The van der Waals surface area contributed by atoms with Crippen LogP contribution in [0.5, 0.6) is 0 Å². The van der Waals surface area contributed by atoms with Crippen LogP contribution in [-0.2, 0) is 9.53 Å². The molecule has 0 bridgehead atoms. The Hall–Kier alpha value is -0.830. The third-order valence-electron chi connectivity index (χ3n) is 1.48. The summed E-state index contributed by atoms with van der Waals surface area (Å²) in [7, 11) is 1.30. The smallest absolute Gasteiger partial charge is 0.336 e. The first-order valence-electron chi connectivity index (χ1n) is 3.59. The Kier molecular flexibility index (Phi) is 4.54. The van der Waals surface area contributed by atoms with E-state index in [0.29, 0.717) is 12.0 Å². The number of allylic oxidation sites excluding steroid dienone is 1. The zero-order valence-electron chi connectivity index (χ0n) is 7.13. The van der Waals surface area contributed by atoms with Crippen molar-refractivity contribution in [3.05, 3.63) is 11.6 Å². The van der Waals surface area contributed by atoms with Gasteiger partial charge in [-0.25, -0.2) is 4.79 Å². The molecule has 0 saturated heterocycles. The van der Waals surface area contributed by atoms with Crippen molar-refractivity contribution in [3.63, 3.8) is 0 Å². The lowest BCUT2D eigenvalue weighted by Gasteiger charge is -2.09. The number of carbonyl (C=O) groups excluding carboxylic acids is 1. The van der Waals surface area contributed by atoms with Crippen LogP contribution in [0.25, 0.3) is 0 Å². The number of hydrogen-bond acceptors (Lipinski definition) is 3. The predicted octanol–water partition coefficient (Wildman–Crippen LogP) is 0.877. The Morgan fingerprint density at radius 2 is 2.27 bits per heavy atom. The number of carbonyl (C=O) groups is 1. The average molecular weight is 158 g/mol. The molecular weight excluding hydrogens is 144 g/mol. The zero-order valence-corrected chi connectivity index (χ0v) is 7.13. The highest BCUT2D eigenvalue weighted by Gasteiger charge is 2.15. The van der Waals surface area contributed by atoms with Crippen LogP contribution < -0.4 is 0 Å². The van der Waals surface area contributed by atoms with E-state index in [-0.39, 0.29) is 0 Å². The Bertz CT molecular complexity index is 161. The highest BCUT2D eigenvalue weighted by Crippen LogP contribution is 2.07. The van der Waals surface area contributed by atoms with E-state index in [4.69, 9.17) is 0 Å². The molecule has 64 valence electrons. The number of ether oxygens (including phenoxy) is 1. The van der Waals surface area contributed by atoms with E-state index in [1.165, 1.54) is 7.11 Å². The molecule has 0 rings (SSSR count). The van der Waals surface area contributed by atoms with Crippen molar-refractivity contribution in [2.45, 2.75) is 26.4 Å². The van der Waals surface area contributed by atoms with Crippen LogP contribution in [0.1, 0.15) is 20.3 Å². The number of aliphatic hydroxyl groups is 1. The molecule has 1 N–H and O–H groups in total. The largest absolute Gasteiger partial charge is 0.466 e. The fourth-order valence-corrected chi connectivity index (χ4v) is 0.784. The van der Waals surface area contributed by atoms with E-state index in [0.717, 1.165) is 0 Å². The summed E-state index contributed by atoms with van der Waals surface area (Å²) in [6.45, 7) is 3.50. The van der Waals surface area contributed by atoms with Crippen LogP contribution in [0.2, 0.25) is 0 Å². The summed E-state index contributed by atoms with van der Waals surface area (Å²) in [6, 6.07) is 0. The quantitative estimate of drug-likeness (QED) is 0.490. The van der Waals surface area contributed by atoms with E-state index in [1.54, 1.807) is 19.9 Å². The second-order valence-electron chi connectivity index (χ2n) is 2.16. The standard InChI is InChI=1S/C8H14O3/c1-4-6(7(9)5-2)8(10)11-3/h4,7,9H,5H2,1-3H3/b6-4+. The van der Waals surface area contributed by atoms with Gasteiger partial charge in [0.05, 0.1) is 18.8 Å². The van der Waals surface area contributed by atoms with E-state index >= 15 is 0 Å². The normalized spacial score (nSPS) is 14.4. The Labute approximate surface area is 66.7 Å². The van der Waals surface area contributed by atoms with E-state index in [2.05, 4.69) is 4.74 Å². The predicted molar refractivity (Wildman–Crippen MR) is 42.1 cm³/mol. The van der Waals surface area contributed by atoms with Crippen LogP contribution in [0.3, 0.4) is 0 Å². The summed E-state index contributed by atoms with van der Waals surface area (Å²) < 4.78 is 4.46. The fourth-order valence-electron chi connectivity index (χ4n) is 0.784. The molecular formula is C8H14O3. The Morgan fingerprint density at radius 1 is 1.73 bits per heavy atom. The van der Waals surface area contributed by atoms with Crippen molar-refractivity contribution in [1.29, 1.82) is 0 Å². The first kappa shape index (κ1) is 10.2. The lowest BCUT2D eigenvalue weighted by molar-refractivity contribution is -0.137. The van der Waals surface area contributed by atoms with Crippen LogP contribution in [0.4, 0.5) is 0 Å². The average Bonchev–Trinajstić information content (AvgIpc) is 2.05. The number of methoxy groups -OCH3 is 1. The lowest BCUT2D eigenvalue weighted by Crippen LogP contribution is -2.18. The maximum atomic E-state index is 10.9. The number of rotatable bonds is 3. The highest BCUT2D eigenvalue weighted by molar-refractivity contribution is 5.89. The summed E-state index contributed by atoms with van der Waals surface area (Å²) in [5.74, 6) is -0.457. The molecule has 11 heavy (non-hydrogen) atoms.